The number of nitrogens with zero attached hydrogens (tertiary/aromatic N) is 1. The Morgan fingerprint density at radius 2 is 1.76 bits per heavy atom. The molecule has 226 valence electrons. The molecule has 0 spiro atoms. The van der Waals surface area contributed by atoms with E-state index in [1.54, 1.807) is 32.4 Å². The normalized spacial score (nSPS) is 17.2. The van der Waals surface area contributed by atoms with Crippen molar-refractivity contribution in [3.63, 3.8) is 0 Å². The van der Waals surface area contributed by atoms with Gasteiger partial charge >= 0.3 is 6.09 Å². The molecule has 2 N–H and O–H groups in total. The molecule has 0 aromatic heterocycles. The Kier molecular flexibility index (Phi) is 11.0. The second kappa shape index (κ2) is 14.9. The second-order valence-corrected chi connectivity index (χ2v) is 10.9. The van der Waals surface area contributed by atoms with E-state index in [9.17, 15) is 9.59 Å². The van der Waals surface area contributed by atoms with E-state index in [0.717, 1.165) is 22.8 Å². The summed E-state index contributed by atoms with van der Waals surface area (Å²) in [6, 6.07) is 19.1. The predicted octanol–water partition coefficient (Wildman–Crippen LogP) is 5.19. The van der Waals surface area contributed by atoms with E-state index in [4.69, 9.17) is 18.9 Å². The van der Waals surface area contributed by atoms with E-state index in [1.807, 2.05) is 49.9 Å². The zero-order valence-corrected chi connectivity index (χ0v) is 25.2. The number of fused-ring (bicyclic) bond motifs is 1. The summed E-state index contributed by atoms with van der Waals surface area (Å²) in [4.78, 5) is 28.5. The summed E-state index contributed by atoms with van der Waals surface area (Å²) in [7, 11) is 3.22. The molecule has 1 fully saturated rings. The number of carbonyl (C=O) groups is 2. The van der Waals surface area contributed by atoms with Crippen LogP contribution in [0.15, 0.2) is 60.7 Å². The van der Waals surface area contributed by atoms with Crippen molar-refractivity contribution in [2.75, 3.05) is 47.1 Å². The molecule has 3 aromatic carbocycles. The van der Waals surface area contributed by atoms with Crippen LogP contribution in [-0.4, -0.2) is 76.1 Å². The van der Waals surface area contributed by atoms with Crippen LogP contribution >= 0.6 is 0 Å². The lowest BCUT2D eigenvalue weighted by Gasteiger charge is -2.31. The molecule has 9 nitrogen and oxygen atoms in total. The van der Waals surface area contributed by atoms with Gasteiger partial charge in [-0.2, -0.15) is 0 Å². The Labute approximate surface area is 248 Å². The van der Waals surface area contributed by atoms with Gasteiger partial charge in [-0.25, -0.2) is 4.79 Å². The molecule has 3 atom stereocenters. The molecule has 0 bridgehead atoms. The van der Waals surface area contributed by atoms with Crippen molar-refractivity contribution < 1.29 is 28.5 Å². The van der Waals surface area contributed by atoms with E-state index >= 15 is 0 Å². The molecule has 0 radical (unpaired) electrons. The Morgan fingerprint density at radius 3 is 2.52 bits per heavy atom. The highest BCUT2D eigenvalue weighted by molar-refractivity contribution is 5.95. The van der Waals surface area contributed by atoms with Crippen molar-refractivity contribution >= 4 is 22.8 Å². The molecule has 1 aliphatic rings. The highest BCUT2D eigenvalue weighted by Gasteiger charge is 2.34. The van der Waals surface area contributed by atoms with Crippen molar-refractivity contribution in [3.05, 3.63) is 71.8 Å². The van der Waals surface area contributed by atoms with Crippen LogP contribution < -0.4 is 20.1 Å². The van der Waals surface area contributed by atoms with Gasteiger partial charge < -0.3 is 34.5 Å². The molecule has 2 amide bonds. The molecule has 1 heterocycles. The molecular weight excluding hydrogens is 534 g/mol. The van der Waals surface area contributed by atoms with Crippen molar-refractivity contribution in [1.29, 1.82) is 0 Å². The van der Waals surface area contributed by atoms with E-state index in [-0.39, 0.29) is 30.0 Å². The van der Waals surface area contributed by atoms with Crippen LogP contribution in [0.3, 0.4) is 0 Å². The predicted molar refractivity (Wildman–Crippen MR) is 163 cm³/mol. The van der Waals surface area contributed by atoms with Crippen LogP contribution in [-0.2, 0) is 9.47 Å². The highest BCUT2D eigenvalue weighted by Crippen LogP contribution is 2.30. The van der Waals surface area contributed by atoms with E-state index < -0.39 is 6.09 Å². The van der Waals surface area contributed by atoms with Crippen molar-refractivity contribution in [2.45, 2.75) is 45.4 Å². The van der Waals surface area contributed by atoms with Crippen LogP contribution in [0, 0.1) is 5.92 Å². The van der Waals surface area contributed by atoms with Gasteiger partial charge in [0.25, 0.3) is 5.91 Å². The molecule has 0 aliphatic carbocycles. The van der Waals surface area contributed by atoms with E-state index in [1.165, 1.54) is 0 Å². The number of amides is 2. The van der Waals surface area contributed by atoms with Gasteiger partial charge in [0.15, 0.2) is 11.5 Å². The minimum Gasteiger partial charge on any atom is -0.493 e. The van der Waals surface area contributed by atoms with E-state index in [0.29, 0.717) is 49.9 Å². The first-order chi connectivity index (χ1) is 20.3. The molecule has 1 aliphatic heterocycles. The molecule has 0 saturated carbocycles. The van der Waals surface area contributed by atoms with Crippen molar-refractivity contribution in [3.8, 4) is 11.5 Å². The minimum absolute atomic E-state index is 0.0574. The van der Waals surface area contributed by atoms with Gasteiger partial charge in [0.1, 0.15) is 6.10 Å². The van der Waals surface area contributed by atoms with Crippen LogP contribution in [0.1, 0.15) is 49.2 Å². The number of benzene rings is 3. The van der Waals surface area contributed by atoms with Gasteiger partial charge in [0.05, 0.1) is 19.8 Å². The number of hydrogen-bond donors (Lipinski definition) is 2. The third kappa shape index (κ3) is 7.72. The fourth-order valence-corrected chi connectivity index (χ4v) is 5.34. The first-order valence-electron chi connectivity index (χ1n) is 14.6. The molecule has 9 heteroatoms. The number of alkyl carbamates (subject to hydrolysis) is 1. The lowest BCUT2D eigenvalue weighted by molar-refractivity contribution is 0.0516. The zero-order chi connectivity index (χ0) is 30.1. The van der Waals surface area contributed by atoms with Crippen LogP contribution in [0.2, 0.25) is 0 Å². The summed E-state index contributed by atoms with van der Waals surface area (Å²) in [5.74, 6) is 0.910. The quantitative estimate of drug-likeness (QED) is 0.270. The fourth-order valence-electron chi connectivity index (χ4n) is 5.34. The molecule has 0 unspecified atom stereocenters. The number of hydrogen-bond acceptors (Lipinski definition) is 7. The van der Waals surface area contributed by atoms with Gasteiger partial charge in [-0.05, 0) is 55.3 Å². The van der Waals surface area contributed by atoms with Crippen LogP contribution in [0.4, 0.5) is 4.79 Å². The maximum absolute atomic E-state index is 13.7. The third-order valence-corrected chi connectivity index (χ3v) is 7.64. The Bertz CT molecular complexity index is 1340. The summed E-state index contributed by atoms with van der Waals surface area (Å²) in [5.41, 5.74) is 1.54. The smallest absolute Gasteiger partial charge is 0.407 e. The molecular formula is C33H43N3O6. The summed E-state index contributed by atoms with van der Waals surface area (Å²) in [6.07, 6.45) is -0.114. The molecule has 4 rings (SSSR count). The van der Waals surface area contributed by atoms with E-state index in [2.05, 4.69) is 28.8 Å². The maximum atomic E-state index is 13.7. The molecule has 3 aromatic rings. The lowest BCUT2D eigenvalue weighted by Crippen LogP contribution is -2.44. The third-order valence-electron chi connectivity index (χ3n) is 7.64. The summed E-state index contributed by atoms with van der Waals surface area (Å²) >= 11 is 0. The van der Waals surface area contributed by atoms with Gasteiger partial charge in [0, 0.05) is 57.3 Å². The Balaban J connectivity index is 1.40. The minimum atomic E-state index is -0.470. The Morgan fingerprint density at radius 1 is 0.976 bits per heavy atom. The van der Waals surface area contributed by atoms with Crippen molar-refractivity contribution in [1.82, 2.24) is 15.5 Å². The van der Waals surface area contributed by atoms with Gasteiger partial charge in [-0.1, -0.05) is 42.5 Å². The average Bonchev–Trinajstić information content (AvgIpc) is 3.43. The maximum Gasteiger partial charge on any atom is 0.407 e. The summed E-state index contributed by atoms with van der Waals surface area (Å²) < 4.78 is 22.3. The molecule has 42 heavy (non-hydrogen) atoms. The standard InChI is InChI=1S/C33H43N3O6/c1-22(2)36(32(37)25-14-15-29(40-5)30(18-25)41-17-9-16-39-4)21-26-19-34-20-31(26)42-33(38)35-23(3)27-13-8-11-24-10-6-7-12-28(24)27/h6-8,10-15,18,22-23,26,31,34H,9,16-17,19-21H2,1-5H3,(H,35,38)/t23-,26-,31-/m1/s1. The van der Waals surface area contributed by atoms with Gasteiger partial charge in [-0.3, -0.25) is 4.79 Å². The first-order valence-corrected chi connectivity index (χ1v) is 14.6. The van der Waals surface area contributed by atoms with Crippen molar-refractivity contribution in [2.24, 2.45) is 5.92 Å². The first kappa shape index (κ1) is 31.1. The lowest BCUT2D eigenvalue weighted by atomic mass is 10.00. The topological polar surface area (TPSA) is 98.4 Å². The SMILES string of the molecule is COCCCOc1cc(C(=O)N(C[C@H]2CNC[C@H]2OC(=O)N[C@H](C)c2cccc3ccccc23)C(C)C)ccc1OC. The number of nitrogens with one attached hydrogen (secondary N) is 2. The summed E-state index contributed by atoms with van der Waals surface area (Å²) in [6.45, 7) is 8.57. The largest absolute Gasteiger partial charge is 0.493 e. The number of ether oxygens (including phenoxy) is 4. The average molecular weight is 578 g/mol. The zero-order valence-electron chi connectivity index (χ0n) is 25.2. The van der Waals surface area contributed by atoms with Gasteiger partial charge in [0.2, 0.25) is 0 Å². The number of rotatable bonds is 13. The fraction of sp³-hybridized carbons (Fsp3) is 0.455. The van der Waals surface area contributed by atoms with Crippen LogP contribution in [0.5, 0.6) is 11.5 Å². The second-order valence-electron chi connectivity index (χ2n) is 10.9. The number of methoxy groups -OCH3 is 2. The van der Waals surface area contributed by atoms with Crippen LogP contribution in [0.25, 0.3) is 10.8 Å². The number of carbonyl (C=O) groups excluding carboxylic acids is 2. The Hall–Kier alpha value is -3.82. The monoisotopic (exact) mass is 577 g/mol. The highest BCUT2D eigenvalue weighted by atomic mass is 16.6. The summed E-state index contributed by atoms with van der Waals surface area (Å²) in [5, 5.41) is 8.55. The van der Waals surface area contributed by atoms with Gasteiger partial charge in [-0.15, -0.1) is 0 Å². The molecule has 1 saturated heterocycles.